The number of benzene rings is 2. The second-order valence-corrected chi connectivity index (χ2v) is 5.31. The fraction of sp³-hybridized carbons (Fsp3) is 0.0714. The highest BCUT2D eigenvalue weighted by atomic mass is 127. The number of carbonyl (C=O) groups is 1. The second-order valence-electron chi connectivity index (χ2n) is 3.70. The zero-order chi connectivity index (χ0) is 12.3. The first kappa shape index (κ1) is 12.1. The fourth-order valence-corrected chi connectivity index (χ4v) is 2.47. The van der Waals surface area contributed by atoms with E-state index < -0.39 is 9.39 Å². The van der Waals surface area contributed by atoms with Gasteiger partial charge in [0.25, 0.3) is 0 Å². The van der Waals surface area contributed by atoms with Crippen LogP contribution in [0.5, 0.6) is 0 Å². The Labute approximate surface area is 113 Å². The average Bonchev–Trinajstić information content (AvgIpc) is 2.39. The summed E-state index contributed by atoms with van der Waals surface area (Å²) in [5.74, 6) is -0.851. The Morgan fingerprint density at radius 1 is 0.882 bits per heavy atom. The topological polar surface area (TPSA) is 37.3 Å². The van der Waals surface area contributed by atoms with Crippen LogP contribution in [-0.4, -0.2) is 11.1 Å². The highest BCUT2D eigenvalue weighted by Gasteiger charge is 2.39. The molecule has 0 bridgehead atoms. The summed E-state index contributed by atoms with van der Waals surface area (Å²) in [7, 11) is 0. The van der Waals surface area contributed by atoms with Gasteiger partial charge >= 0.3 is 5.97 Å². The lowest BCUT2D eigenvalue weighted by Gasteiger charge is -2.23. The van der Waals surface area contributed by atoms with Crippen molar-refractivity contribution in [1.82, 2.24) is 0 Å². The van der Waals surface area contributed by atoms with Crippen molar-refractivity contribution in [1.29, 1.82) is 0 Å². The van der Waals surface area contributed by atoms with E-state index in [0.717, 1.165) is 11.1 Å². The van der Waals surface area contributed by atoms with E-state index in [1.807, 2.05) is 83.3 Å². The second kappa shape index (κ2) is 4.87. The molecule has 0 saturated carbocycles. The molecule has 0 heterocycles. The summed E-state index contributed by atoms with van der Waals surface area (Å²) in [4.78, 5) is 11.6. The minimum atomic E-state index is -1.03. The van der Waals surface area contributed by atoms with Crippen LogP contribution < -0.4 is 0 Å². The van der Waals surface area contributed by atoms with Gasteiger partial charge in [0.2, 0.25) is 0 Å². The van der Waals surface area contributed by atoms with Crippen LogP contribution in [0.1, 0.15) is 11.1 Å². The Bertz CT molecular complexity index is 469. The first-order valence-corrected chi connectivity index (χ1v) is 6.27. The normalized spacial score (nSPS) is 11.1. The molecule has 0 atom stereocenters. The predicted octanol–water partition coefficient (Wildman–Crippen LogP) is 3.45. The molecule has 2 nitrogen and oxygen atoms in total. The van der Waals surface area contributed by atoms with Gasteiger partial charge in [0, 0.05) is 0 Å². The first-order valence-electron chi connectivity index (χ1n) is 5.19. The van der Waals surface area contributed by atoms with E-state index in [2.05, 4.69) is 0 Å². The van der Waals surface area contributed by atoms with E-state index in [-0.39, 0.29) is 0 Å². The molecule has 0 aliphatic heterocycles. The molecule has 1 N–H and O–H groups in total. The van der Waals surface area contributed by atoms with Gasteiger partial charge in [-0.15, -0.1) is 0 Å². The predicted molar refractivity (Wildman–Crippen MR) is 75.3 cm³/mol. The minimum absolute atomic E-state index is 0.777. The summed E-state index contributed by atoms with van der Waals surface area (Å²) in [6.07, 6.45) is 0. The number of carboxylic acids is 1. The van der Waals surface area contributed by atoms with E-state index in [1.165, 1.54) is 0 Å². The molecule has 86 valence electrons. The first-order chi connectivity index (χ1) is 8.15. The Kier molecular flexibility index (Phi) is 3.47. The number of carboxylic acid groups (broad SMARTS) is 1. The summed E-state index contributed by atoms with van der Waals surface area (Å²) in [5.41, 5.74) is 1.55. The van der Waals surface area contributed by atoms with Gasteiger partial charge in [-0.1, -0.05) is 83.3 Å². The Hall–Kier alpha value is -1.36. The highest BCUT2D eigenvalue weighted by Crippen LogP contribution is 2.39. The molecule has 2 aromatic carbocycles. The van der Waals surface area contributed by atoms with Gasteiger partial charge in [-0.3, -0.25) is 4.79 Å². The molecule has 0 unspecified atom stereocenters. The molecule has 0 amide bonds. The van der Waals surface area contributed by atoms with Crippen LogP contribution >= 0.6 is 22.6 Å². The van der Waals surface area contributed by atoms with Crippen molar-refractivity contribution in [3.8, 4) is 0 Å². The molecule has 0 aromatic heterocycles. The monoisotopic (exact) mass is 338 g/mol. The lowest BCUT2D eigenvalue weighted by Crippen LogP contribution is -2.30. The fourth-order valence-electron chi connectivity index (χ4n) is 1.75. The molecular weight excluding hydrogens is 327 g/mol. The molecule has 17 heavy (non-hydrogen) atoms. The molecule has 0 radical (unpaired) electrons. The van der Waals surface area contributed by atoms with Crippen LogP contribution in [0.4, 0.5) is 0 Å². The molecule has 3 heteroatoms. The summed E-state index contributed by atoms with van der Waals surface area (Å²) < 4.78 is -1.03. The van der Waals surface area contributed by atoms with Crippen molar-refractivity contribution in [2.45, 2.75) is 3.42 Å². The maximum absolute atomic E-state index is 11.6. The molecule has 0 aliphatic rings. The van der Waals surface area contributed by atoms with Gasteiger partial charge in [0.1, 0.15) is 0 Å². The van der Waals surface area contributed by atoms with Crippen molar-refractivity contribution in [2.24, 2.45) is 0 Å². The Morgan fingerprint density at radius 3 is 1.53 bits per heavy atom. The maximum Gasteiger partial charge on any atom is 0.328 e. The third-order valence-corrected chi connectivity index (χ3v) is 4.34. The molecule has 0 fully saturated rings. The summed E-state index contributed by atoms with van der Waals surface area (Å²) in [6, 6.07) is 18.6. The molecule has 0 aliphatic carbocycles. The number of rotatable bonds is 3. The Morgan fingerprint density at radius 2 is 1.24 bits per heavy atom. The standard InChI is InChI=1S/C14H11IO2/c15-14(13(16)17,11-7-3-1-4-8-11)12-9-5-2-6-10-12/h1-10H,(H,16,17). The number of halogens is 1. The van der Waals surface area contributed by atoms with E-state index >= 15 is 0 Å². The third kappa shape index (κ3) is 2.20. The van der Waals surface area contributed by atoms with Crippen molar-refractivity contribution in [3.05, 3.63) is 71.8 Å². The summed E-state index contributed by atoms with van der Waals surface area (Å²) in [5, 5.41) is 9.53. The van der Waals surface area contributed by atoms with Gasteiger partial charge in [0.05, 0.1) is 0 Å². The Balaban J connectivity index is 2.59. The van der Waals surface area contributed by atoms with Crippen LogP contribution in [0.25, 0.3) is 0 Å². The van der Waals surface area contributed by atoms with Crippen LogP contribution in [-0.2, 0) is 8.22 Å². The van der Waals surface area contributed by atoms with E-state index in [0.29, 0.717) is 0 Å². The van der Waals surface area contributed by atoms with Crippen LogP contribution in [0.15, 0.2) is 60.7 Å². The minimum Gasteiger partial charge on any atom is -0.480 e. The van der Waals surface area contributed by atoms with Crippen LogP contribution in [0, 0.1) is 0 Å². The van der Waals surface area contributed by atoms with Crippen molar-refractivity contribution < 1.29 is 9.90 Å². The lowest BCUT2D eigenvalue weighted by molar-refractivity contribution is -0.138. The zero-order valence-corrected chi connectivity index (χ0v) is 11.2. The van der Waals surface area contributed by atoms with E-state index in [4.69, 9.17) is 0 Å². The van der Waals surface area contributed by atoms with Crippen LogP contribution in [0.2, 0.25) is 0 Å². The van der Waals surface area contributed by atoms with Crippen molar-refractivity contribution in [3.63, 3.8) is 0 Å². The number of hydrogen-bond donors (Lipinski definition) is 1. The van der Waals surface area contributed by atoms with E-state index in [9.17, 15) is 9.90 Å². The van der Waals surface area contributed by atoms with Gasteiger partial charge < -0.3 is 5.11 Å². The maximum atomic E-state index is 11.6. The molecule has 2 aromatic rings. The lowest BCUT2D eigenvalue weighted by atomic mass is 9.91. The highest BCUT2D eigenvalue weighted by molar-refractivity contribution is 14.1. The quantitative estimate of drug-likeness (QED) is 0.688. The van der Waals surface area contributed by atoms with E-state index in [1.54, 1.807) is 0 Å². The van der Waals surface area contributed by atoms with Gasteiger partial charge in [-0.25, -0.2) is 0 Å². The molecular formula is C14H11IO2. The number of hydrogen-bond acceptors (Lipinski definition) is 1. The van der Waals surface area contributed by atoms with Crippen molar-refractivity contribution in [2.75, 3.05) is 0 Å². The zero-order valence-electron chi connectivity index (χ0n) is 9.01. The SMILES string of the molecule is O=C(O)C(I)(c1ccccc1)c1ccccc1. The van der Waals surface area contributed by atoms with Gasteiger partial charge in [-0.05, 0) is 11.1 Å². The number of aliphatic carboxylic acids is 1. The largest absolute Gasteiger partial charge is 0.480 e. The van der Waals surface area contributed by atoms with Crippen molar-refractivity contribution >= 4 is 28.6 Å². The summed E-state index contributed by atoms with van der Waals surface area (Å²) in [6.45, 7) is 0. The smallest absolute Gasteiger partial charge is 0.328 e. The number of alkyl halides is 1. The molecule has 0 saturated heterocycles. The van der Waals surface area contributed by atoms with Crippen LogP contribution in [0.3, 0.4) is 0 Å². The molecule has 0 spiro atoms. The average molecular weight is 338 g/mol. The summed E-state index contributed by atoms with van der Waals surface area (Å²) >= 11 is 2.00. The third-order valence-electron chi connectivity index (χ3n) is 2.64. The van der Waals surface area contributed by atoms with Gasteiger partial charge in [-0.2, -0.15) is 0 Å². The van der Waals surface area contributed by atoms with Gasteiger partial charge in [0.15, 0.2) is 3.42 Å². The molecule has 2 rings (SSSR count).